The summed E-state index contributed by atoms with van der Waals surface area (Å²) in [6.45, 7) is 0. The quantitative estimate of drug-likeness (QED) is 0.225. The van der Waals surface area contributed by atoms with Gasteiger partial charge < -0.3 is 5.32 Å². The number of halogens is 1. The summed E-state index contributed by atoms with van der Waals surface area (Å²) in [5.74, 6) is -0.198. The summed E-state index contributed by atoms with van der Waals surface area (Å²) in [6, 6.07) is 25.6. The van der Waals surface area contributed by atoms with E-state index in [9.17, 15) is 4.39 Å². The van der Waals surface area contributed by atoms with Crippen molar-refractivity contribution >= 4 is 11.9 Å². The number of benzene rings is 2. The predicted molar refractivity (Wildman–Crippen MR) is 172 cm³/mol. The van der Waals surface area contributed by atoms with Crippen LogP contribution in [-0.4, -0.2) is 32.8 Å². The van der Waals surface area contributed by atoms with E-state index in [0.717, 1.165) is 17.0 Å². The van der Waals surface area contributed by atoms with Crippen molar-refractivity contribution < 1.29 is 8.97 Å². The molecule has 220 valence electrons. The molecule has 1 N–H and O–H groups in total. The molecule has 2 saturated carbocycles. The molecule has 0 bridgehead atoms. The van der Waals surface area contributed by atoms with Crippen LogP contribution in [0.15, 0.2) is 85.2 Å². The molecule has 0 saturated heterocycles. The Morgan fingerprint density at radius 1 is 0.744 bits per heavy atom. The summed E-state index contributed by atoms with van der Waals surface area (Å²) in [4.78, 5) is 9.60. The highest BCUT2D eigenvalue weighted by molar-refractivity contribution is 5.81. The maximum atomic E-state index is 14.9. The molecule has 4 aromatic rings. The third-order valence-corrected chi connectivity index (χ3v) is 9.85. The van der Waals surface area contributed by atoms with Gasteiger partial charge in [0.05, 0.1) is 11.6 Å². The first-order chi connectivity index (χ1) is 21.2. The maximum Gasteiger partial charge on any atom is 0.190 e. The van der Waals surface area contributed by atoms with Crippen molar-refractivity contribution in [3.05, 3.63) is 125 Å². The first kappa shape index (κ1) is 27.9. The number of fused-ring (bicyclic) bond motifs is 1. The van der Waals surface area contributed by atoms with Crippen LogP contribution in [0.4, 0.5) is 10.1 Å². The van der Waals surface area contributed by atoms with Crippen LogP contribution in [0.5, 0.6) is 0 Å². The fraction of sp³-hybridized carbons (Fsp3) is 0.395. The standard InChI is InChI=1S/C38H41FN4/c39-29-18-20-34(28(23-29)24-31-13-7-9-21-40-31)38-37(36-16-8-10-22-41-36)35-25-32(42-30-11-3-1-4-12-30)19-17-27(35)26-43(38)33-14-5-2-6-15-33/h7-10,13,16-23,25-26,30,33,37-38H,1-6,11-12,14-15,24H2/p+1/t37-,38-/m0/s1. The lowest BCUT2D eigenvalue weighted by molar-refractivity contribution is -0.610. The van der Waals surface area contributed by atoms with Crippen molar-refractivity contribution in [2.24, 2.45) is 0 Å². The van der Waals surface area contributed by atoms with E-state index in [4.69, 9.17) is 4.98 Å². The molecule has 2 aromatic carbocycles. The summed E-state index contributed by atoms with van der Waals surface area (Å²) >= 11 is 0. The van der Waals surface area contributed by atoms with E-state index in [1.165, 1.54) is 86.6 Å². The monoisotopic (exact) mass is 573 g/mol. The molecule has 0 amide bonds. The molecule has 2 fully saturated rings. The van der Waals surface area contributed by atoms with Gasteiger partial charge >= 0.3 is 0 Å². The van der Waals surface area contributed by atoms with Crippen LogP contribution in [0, 0.1) is 5.82 Å². The van der Waals surface area contributed by atoms with E-state index in [1.54, 1.807) is 12.1 Å². The third-order valence-electron chi connectivity index (χ3n) is 9.85. The molecule has 0 radical (unpaired) electrons. The fourth-order valence-electron chi connectivity index (χ4n) is 7.76. The Balaban J connectivity index is 1.39. The molecule has 7 rings (SSSR count). The van der Waals surface area contributed by atoms with Crippen LogP contribution < -0.4 is 5.32 Å². The van der Waals surface area contributed by atoms with Crippen LogP contribution >= 0.6 is 0 Å². The van der Waals surface area contributed by atoms with Gasteiger partial charge in [-0.15, -0.1) is 0 Å². The zero-order chi connectivity index (χ0) is 29.0. The zero-order valence-corrected chi connectivity index (χ0v) is 25.0. The smallest absolute Gasteiger partial charge is 0.190 e. The van der Waals surface area contributed by atoms with Crippen LogP contribution in [0.2, 0.25) is 0 Å². The van der Waals surface area contributed by atoms with E-state index in [1.807, 2.05) is 42.7 Å². The number of hydrogen-bond donors (Lipinski definition) is 1. The van der Waals surface area contributed by atoms with Crippen LogP contribution in [0.3, 0.4) is 0 Å². The maximum absolute atomic E-state index is 14.9. The SMILES string of the molecule is Fc1ccc([C@H]2[C@H](c3ccccn3)c3cc(NC4CCCCC4)ccc3C=[N+]2C2CCCCC2)c(Cc2ccccn2)c1. The molecule has 3 heterocycles. The summed E-state index contributed by atoms with van der Waals surface area (Å²) in [7, 11) is 0. The number of pyridine rings is 2. The van der Waals surface area contributed by atoms with Crippen molar-refractivity contribution in [2.45, 2.75) is 94.7 Å². The second-order valence-electron chi connectivity index (χ2n) is 12.7. The van der Waals surface area contributed by atoms with Crippen molar-refractivity contribution in [1.82, 2.24) is 9.97 Å². The van der Waals surface area contributed by atoms with Crippen molar-refractivity contribution in [2.75, 3.05) is 5.32 Å². The minimum atomic E-state index is -0.201. The lowest BCUT2D eigenvalue weighted by atomic mass is 9.76. The Morgan fingerprint density at radius 3 is 2.26 bits per heavy atom. The van der Waals surface area contributed by atoms with Gasteiger partial charge in [0.25, 0.3) is 0 Å². The minimum Gasteiger partial charge on any atom is -0.382 e. The second-order valence-corrected chi connectivity index (χ2v) is 12.7. The normalized spacial score (nSPS) is 21.2. The van der Waals surface area contributed by atoms with Crippen LogP contribution in [-0.2, 0) is 6.42 Å². The highest BCUT2D eigenvalue weighted by Crippen LogP contribution is 2.46. The van der Waals surface area contributed by atoms with Gasteiger partial charge in [-0.05, 0) is 97.5 Å². The second kappa shape index (κ2) is 12.8. The largest absolute Gasteiger partial charge is 0.382 e. The van der Waals surface area contributed by atoms with Gasteiger partial charge in [0, 0.05) is 60.2 Å². The fourth-order valence-corrected chi connectivity index (χ4v) is 7.76. The van der Waals surface area contributed by atoms with E-state index in [2.05, 4.69) is 51.4 Å². The highest BCUT2D eigenvalue weighted by atomic mass is 19.1. The van der Waals surface area contributed by atoms with Gasteiger partial charge in [-0.3, -0.25) is 9.97 Å². The molecule has 2 aromatic heterocycles. The third kappa shape index (κ3) is 6.13. The summed E-state index contributed by atoms with van der Waals surface area (Å²) in [5, 5.41) is 3.88. The number of aromatic nitrogens is 2. The molecule has 3 aliphatic rings. The number of nitrogens with one attached hydrogen (secondary N) is 1. The summed E-state index contributed by atoms with van der Waals surface area (Å²) in [6.07, 6.45) is 19.3. The number of anilines is 1. The summed E-state index contributed by atoms with van der Waals surface area (Å²) in [5.41, 5.74) is 7.93. The van der Waals surface area contributed by atoms with E-state index < -0.39 is 0 Å². The molecule has 4 nitrogen and oxygen atoms in total. The molecule has 2 atom stereocenters. The Hall–Kier alpha value is -3.86. The molecule has 43 heavy (non-hydrogen) atoms. The number of hydrogen-bond acceptors (Lipinski definition) is 3. The lowest BCUT2D eigenvalue weighted by Crippen LogP contribution is -2.39. The Bertz CT molecular complexity index is 1560. The predicted octanol–water partition coefficient (Wildman–Crippen LogP) is 8.60. The average molecular weight is 574 g/mol. The molecule has 1 aliphatic heterocycles. The molecule has 2 aliphatic carbocycles. The molecular formula is C38H42FN4+. The van der Waals surface area contributed by atoms with Crippen LogP contribution in [0.25, 0.3) is 0 Å². The minimum absolute atomic E-state index is 0.00387. The number of rotatable bonds is 7. The van der Waals surface area contributed by atoms with E-state index in [-0.39, 0.29) is 17.8 Å². The highest BCUT2D eigenvalue weighted by Gasteiger charge is 2.44. The van der Waals surface area contributed by atoms with Gasteiger partial charge in [-0.2, -0.15) is 0 Å². The molecule has 0 unspecified atom stereocenters. The van der Waals surface area contributed by atoms with Gasteiger partial charge in [0.1, 0.15) is 5.82 Å². The summed E-state index contributed by atoms with van der Waals surface area (Å²) < 4.78 is 17.6. The Labute approximate surface area is 255 Å². The average Bonchev–Trinajstić information content (AvgIpc) is 3.06. The van der Waals surface area contributed by atoms with Crippen molar-refractivity contribution in [1.29, 1.82) is 0 Å². The van der Waals surface area contributed by atoms with Gasteiger partial charge in [-0.25, -0.2) is 8.97 Å². The zero-order valence-electron chi connectivity index (χ0n) is 25.0. The molecule has 5 heteroatoms. The van der Waals surface area contributed by atoms with E-state index in [0.29, 0.717) is 18.5 Å². The van der Waals surface area contributed by atoms with Crippen molar-refractivity contribution in [3.63, 3.8) is 0 Å². The Kier molecular flexibility index (Phi) is 8.31. The van der Waals surface area contributed by atoms with Crippen LogP contribution in [0.1, 0.15) is 110 Å². The first-order valence-electron chi connectivity index (χ1n) is 16.3. The molecular weight excluding hydrogens is 531 g/mol. The first-order valence-corrected chi connectivity index (χ1v) is 16.3. The van der Waals surface area contributed by atoms with E-state index >= 15 is 0 Å². The topological polar surface area (TPSA) is 40.8 Å². The number of nitrogens with zero attached hydrogens (tertiary/aromatic N) is 3. The lowest BCUT2D eigenvalue weighted by Gasteiger charge is -2.35. The van der Waals surface area contributed by atoms with Gasteiger partial charge in [0.2, 0.25) is 0 Å². The van der Waals surface area contributed by atoms with Gasteiger partial charge in [0.15, 0.2) is 18.3 Å². The van der Waals surface area contributed by atoms with Gasteiger partial charge in [-0.1, -0.05) is 37.8 Å². The molecule has 0 spiro atoms. The van der Waals surface area contributed by atoms with Crippen molar-refractivity contribution in [3.8, 4) is 0 Å². The Morgan fingerprint density at radius 2 is 1.51 bits per heavy atom.